The third-order valence-corrected chi connectivity index (χ3v) is 4.99. The van der Waals surface area contributed by atoms with Gasteiger partial charge in [-0.05, 0) is 35.9 Å². The topological polar surface area (TPSA) is 17.1 Å². The number of hydrogen-bond donors (Lipinski definition) is 0. The first-order valence-electron chi connectivity index (χ1n) is 6.78. The van der Waals surface area contributed by atoms with Gasteiger partial charge in [-0.3, -0.25) is 4.79 Å². The number of ketones is 1. The van der Waals surface area contributed by atoms with Crippen molar-refractivity contribution in [3.63, 3.8) is 0 Å². The van der Waals surface area contributed by atoms with E-state index in [1.54, 1.807) is 18.2 Å². The van der Waals surface area contributed by atoms with Crippen LogP contribution in [0, 0.1) is 0 Å². The van der Waals surface area contributed by atoms with Gasteiger partial charge in [-0.15, -0.1) is 0 Å². The maximum Gasteiger partial charge on any atom is 0.193 e. The first-order chi connectivity index (χ1) is 10.1. The molecular formula is C17H16Cl2OS. The molecule has 0 spiro atoms. The minimum Gasteiger partial charge on any atom is -0.289 e. The summed E-state index contributed by atoms with van der Waals surface area (Å²) in [6.07, 6.45) is 1.18. The largest absolute Gasteiger partial charge is 0.289 e. The molecule has 21 heavy (non-hydrogen) atoms. The fourth-order valence-corrected chi connectivity index (χ4v) is 3.05. The predicted molar refractivity (Wildman–Crippen MR) is 92.8 cm³/mol. The van der Waals surface area contributed by atoms with Crippen LogP contribution in [0.5, 0.6) is 0 Å². The summed E-state index contributed by atoms with van der Waals surface area (Å²) in [7, 11) is 0. The Morgan fingerprint density at radius 1 is 1.00 bits per heavy atom. The second-order valence-corrected chi connectivity index (χ2v) is 6.63. The van der Waals surface area contributed by atoms with Crippen LogP contribution in [0.15, 0.2) is 42.5 Å². The molecule has 0 aliphatic rings. The third kappa shape index (κ3) is 4.50. The van der Waals surface area contributed by atoms with Gasteiger partial charge < -0.3 is 0 Å². The molecule has 0 unspecified atom stereocenters. The normalized spacial score (nSPS) is 10.6. The summed E-state index contributed by atoms with van der Waals surface area (Å²) < 4.78 is 0. The molecule has 0 N–H and O–H groups in total. The Hall–Kier alpha value is -0.960. The molecule has 110 valence electrons. The Bertz CT molecular complexity index is 623. The summed E-state index contributed by atoms with van der Waals surface area (Å²) in [5.41, 5.74) is 2.45. The summed E-state index contributed by atoms with van der Waals surface area (Å²) in [4.78, 5) is 12.4. The molecule has 1 nitrogen and oxygen atoms in total. The van der Waals surface area contributed by atoms with Crippen LogP contribution in [0.2, 0.25) is 10.0 Å². The molecule has 0 amide bonds. The predicted octanol–water partition coefficient (Wildman–Crippen LogP) is 5.87. The number of thioether (sulfide) groups is 1. The lowest BCUT2D eigenvalue weighted by Gasteiger charge is -2.05. The van der Waals surface area contributed by atoms with Crippen LogP contribution in [0.1, 0.15) is 34.8 Å². The summed E-state index contributed by atoms with van der Waals surface area (Å²) in [6.45, 7) is 2.17. The van der Waals surface area contributed by atoms with Gasteiger partial charge >= 0.3 is 0 Å². The van der Waals surface area contributed by atoms with Crippen LogP contribution in [0.3, 0.4) is 0 Å². The third-order valence-electron chi connectivity index (χ3n) is 3.02. The van der Waals surface area contributed by atoms with Gasteiger partial charge in [-0.1, -0.05) is 54.4 Å². The zero-order valence-electron chi connectivity index (χ0n) is 11.7. The molecule has 2 rings (SSSR count). The number of benzene rings is 2. The maximum absolute atomic E-state index is 12.4. The van der Waals surface area contributed by atoms with Crippen molar-refractivity contribution in [1.82, 2.24) is 0 Å². The van der Waals surface area contributed by atoms with Gasteiger partial charge in [0.05, 0.1) is 10.0 Å². The minimum atomic E-state index is -0.0404. The molecule has 0 heterocycles. The Morgan fingerprint density at radius 3 is 2.29 bits per heavy atom. The van der Waals surface area contributed by atoms with Crippen LogP contribution in [0.25, 0.3) is 0 Å². The molecule has 0 saturated heterocycles. The fourth-order valence-electron chi connectivity index (χ4n) is 1.89. The highest BCUT2D eigenvalue weighted by Gasteiger charge is 2.10. The van der Waals surface area contributed by atoms with Gasteiger partial charge in [0.2, 0.25) is 0 Å². The second kappa shape index (κ2) is 7.88. The average molecular weight is 339 g/mol. The SMILES string of the molecule is CCCSCc1ccc(C(=O)c2ccc(Cl)c(Cl)c2)cc1. The molecule has 2 aromatic carbocycles. The standard InChI is InChI=1S/C17H16Cl2OS/c1-2-9-21-11-12-3-5-13(6-4-12)17(20)14-7-8-15(18)16(19)10-14/h3-8,10H,2,9,11H2,1H3. The molecule has 0 atom stereocenters. The van der Waals surface area contributed by atoms with Crippen molar-refractivity contribution < 1.29 is 4.79 Å². The van der Waals surface area contributed by atoms with Crippen molar-refractivity contribution in [3.05, 3.63) is 69.2 Å². The van der Waals surface area contributed by atoms with Crippen molar-refractivity contribution in [2.75, 3.05) is 5.75 Å². The van der Waals surface area contributed by atoms with Gasteiger partial charge in [-0.25, -0.2) is 0 Å². The number of hydrogen-bond acceptors (Lipinski definition) is 2. The first-order valence-corrected chi connectivity index (χ1v) is 8.69. The van der Waals surface area contributed by atoms with Gasteiger partial charge in [0.1, 0.15) is 0 Å². The van der Waals surface area contributed by atoms with Gasteiger partial charge in [0.25, 0.3) is 0 Å². The fraction of sp³-hybridized carbons (Fsp3) is 0.235. The quantitative estimate of drug-likeness (QED) is 0.484. The molecular weight excluding hydrogens is 323 g/mol. The summed E-state index contributed by atoms with van der Waals surface area (Å²) in [5, 5.41) is 0.853. The van der Waals surface area contributed by atoms with E-state index in [1.807, 2.05) is 36.0 Å². The molecule has 0 aliphatic heterocycles. The van der Waals surface area contributed by atoms with E-state index in [0.29, 0.717) is 21.2 Å². The van der Waals surface area contributed by atoms with Crippen LogP contribution >= 0.6 is 35.0 Å². The Labute approximate surface area is 139 Å². The zero-order valence-corrected chi connectivity index (χ0v) is 14.1. The van der Waals surface area contributed by atoms with Crippen molar-refractivity contribution in [3.8, 4) is 0 Å². The van der Waals surface area contributed by atoms with Crippen LogP contribution in [-0.4, -0.2) is 11.5 Å². The highest BCUT2D eigenvalue weighted by Crippen LogP contribution is 2.24. The number of halogens is 2. The maximum atomic E-state index is 12.4. The van der Waals surface area contributed by atoms with E-state index in [2.05, 4.69) is 6.92 Å². The molecule has 0 fully saturated rings. The Kier molecular flexibility index (Phi) is 6.16. The van der Waals surface area contributed by atoms with E-state index in [0.717, 1.165) is 11.5 Å². The van der Waals surface area contributed by atoms with Crippen LogP contribution < -0.4 is 0 Å². The zero-order chi connectivity index (χ0) is 15.2. The monoisotopic (exact) mass is 338 g/mol. The average Bonchev–Trinajstić information content (AvgIpc) is 2.50. The van der Waals surface area contributed by atoms with Crippen LogP contribution in [-0.2, 0) is 5.75 Å². The van der Waals surface area contributed by atoms with E-state index in [-0.39, 0.29) is 5.78 Å². The van der Waals surface area contributed by atoms with Crippen molar-refractivity contribution in [1.29, 1.82) is 0 Å². The molecule has 2 aromatic rings. The molecule has 0 aromatic heterocycles. The smallest absolute Gasteiger partial charge is 0.193 e. The van der Waals surface area contributed by atoms with Crippen LogP contribution in [0.4, 0.5) is 0 Å². The van der Waals surface area contributed by atoms with Gasteiger partial charge in [0, 0.05) is 16.9 Å². The lowest BCUT2D eigenvalue weighted by atomic mass is 10.0. The number of carbonyl (C=O) groups is 1. The Balaban J connectivity index is 2.10. The van der Waals surface area contributed by atoms with E-state index in [4.69, 9.17) is 23.2 Å². The molecule has 4 heteroatoms. The molecule has 0 bridgehead atoms. The van der Waals surface area contributed by atoms with Gasteiger partial charge in [0.15, 0.2) is 5.78 Å². The van der Waals surface area contributed by atoms with E-state index >= 15 is 0 Å². The van der Waals surface area contributed by atoms with Crippen molar-refractivity contribution in [2.24, 2.45) is 0 Å². The second-order valence-electron chi connectivity index (χ2n) is 4.71. The number of rotatable bonds is 6. The molecule has 0 saturated carbocycles. The lowest BCUT2D eigenvalue weighted by molar-refractivity contribution is 0.103. The van der Waals surface area contributed by atoms with Gasteiger partial charge in [-0.2, -0.15) is 11.8 Å². The minimum absolute atomic E-state index is 0.0404. The molecule has 0 aliphatic carbocycles. The lowest BCUT2D eigenvalue weighted by Crippen LogP contribution is -2.01. The van der Waals surface area contributed by atoms with E-state index in [1.165, 1.54) is 12.0 Å². The number of carbonyl (C=O) groups excluding carboxylic acids is 1. The summed E-state index contributed by atoms with van der Waals surface area (Å²) in [5.74, 6) is 2.10. The summed E-state index contributed by atoms with van der Waals surface area (Å²) >= 11 is 13.7. The van der Waals surface area contributed by atoms with Crippen molar-refractivity contribution >= 4 is 40.7 Å². The highest BCUT2D eigenvalue weighted by molar-refractivity contribution is 7.98. The summed E-state index contributed by atoms with van der Waals surface area (Å²) in [6, 6.07) is 12.7. The van der Waals surface area contributed by atoms with E-state index < -0.39 is 0 Å². The van der Waals surface area contributed by atoms with Crippen molar-refractivity contribution in [2.45, 2.75) is 19.1 Å². The Morgan fingerprint density at radius 2 is 1.67 bits per heavy atom. The molecule has 0 radical (unpaired) electrons. The van der Waals surface area contributed by atoms with E-state index in [9.17, 15) is 4.79 Å². The highest BCUT2D eigenvalue weighted by atomic mass is 35.5. The first kappa shape index (κ1) is 16.4.